The highest BCUT2D eigenvalue weighted by molar-refractivity contribution is 5.85. The van der Waals surface area contributed by atoms with Gasteiger partial charge in [0.25, 0.3) is 0 Å². The maximum absolute atomic E-state index is 11.5. The van der Waals surface area contributed by atoms with E-state index in [2.05, 4.69) is 17.6 Å². The lowest BCUT2D eigenvalue weighted by atomic mass is 9.86. The molecule has 0 aromatic rings. The van der Waals surface area contributed by atoms with Crippen molar-refractivity contribution in [2.45, 2.75) is 51.9 Å². The molecule has 4 heteroatoms. The summed E-state index contributed by atoms with van der Waals surface area (Å²) in [5, 5.41) is 6.15. The fraction of sp³-hybridized carbons (Fsp3) is 0.923. The third-order valence-electron chi connectivity index (χ3n) is 3.38. The molecular formula is C13H27ClN2O. The molecule has 2 N–H and O–H groups in total. The number of halogens is 1. The van der Waals surface area contributed by atoms with Gasteiger partial charge in [-0.1, -0.05) is 39.0 Å². The van der Waals surface area contributed by atoms with E-state index in [-0.39, 0.29) is 18.3 Å². The topological polar surface area (TPSA) is 41.1 Å². The van der Waals surface area contributed by atoms with Crippen molar-refractivity contribution in [2.24, 2.45) is 5.92 Å². The average molecular weight is 263 g/mol. The normalized spacial score (nSPS) is 16.3. The quantitative estimate of drug-likeness (QED) is 0.692. The number of hydrogen-bond acceptors (Lipinski definition) is 2. The zero-order valence-corrected chi connectivity index (χ0v) is 11.8. The summed E-state index contributed by atoms with van der Waals surface area (Å²) in [7, 11) is 0. The first-order valence-corrected chi connectivity index (χ1v) is 6.80. The minimum atomic E-state index is 0. The van der Waals surface area contributed by atoms with Crippen LogP contribution in [0.1, 0.15) is 51.9 Å². The fourth-order valence-corrected chi connectivity index (χ4v) is 2.37. The third-order valence-corrected chi connectivity index (χ3v) is 3.38. The van der Waals surface area contributed by atoms with Crippen molar-refractivity contribution < 1.29 is 4.79 Å². The number of hydrogen-bond donors (Lipinski definition) is 2. The van der Waals surface area contributed by atoms with E-state index < -0.39 is 0 Å². The Bertz CT molecular complexity index is 194. The number of rotatable bonds is 7. The van der Waals surface area contributed by atoms with Crippen LogP contribution >= 0.6 is 12.4 Å². The van der Waals surface area contributed by atoms with E-state index in [1.807, 2.05) is 0 Å². The van der Waals surface area contributed by atoms with E-state index in [0.29, 0.717) is 0 Å². The van der Waals surface area contributed by atoms with E-state index >= 15 is 0 Å². The first-order valence-electron chi connectivity index (χ1n) is 6.80. The predicted octanol–water partition coefficient (Wildman–Crippen LogP) is 2.49. The van der Waals surface area contributed by atoms with Crippen LogP contribution in [-0.4, -0.2) is 25.5 Å². The molecule has 1 rings (SSSR count). The Morgan fingerprint density at radius 3 is 2.53 bits per heavy atom. The van der Waals surface area contributed by atoms with Crippen LogP contribution in [0.5, 0.6) is 0 Å². The molecule has 0 bridgehead atoms. The maximum atomic E-state index is 11.5. The predicted molar refractivity (Wildman–Crippen MR) is 74.6 cm³/mol. The molecule has 0 spiro atoms. The van der Waals surface area contributed by atoms with Crippen molar-refractivity contribution in [1.82, 2.24) is 10.6 Å². The summed E-state index contributed by atoms with van der Waals surface area (Å²) in [4.78, 5) is 11.5. The molecule has 0 aliphatic heterocycles. The van der Waals surface area contributed by atoms with Gasteiger partial charge in [0.2, 0.25) is 5.91 Å². The monoisotopic (exact) mass is 262 g/mol. The van der Waals surface area contributed by atoms with Gasteiger partial charge in [-0.15, -0.1) is 12.4 Å². The van der Waals surface area contributed by atoms with Crippen molar-refractivity contribution in [3.8, 4) is 0 Å². The maximum Gasteiger partial charge on any atom is 0.220 e. The van der Waals surface area contributed by atoms with Crippen molar-refractivity contribution in [2.75, 3.05) is 19.6 Å². The Hall–Kier alpha value is -0.280. The summed E-state index contributed by atoms with van der Waals surface area (Å²) < 4.78 is 0. The van der Waals surface area contributed by atoms with Crippen molar-refractivity contribution in [3.63, 3.8) is 0 Å². The van der Waals surface area contributed by atoms with Gasteiger partial charge < -0.3 is 10.6 Å². The Kier molecular flexibility index (Phi) is 10.7. The first-order chi connectivity index (χ1) is 7.83. The summed E-state index contributed by atoms with van der Waals surface area (Å²) >= 11 is 0. The first kappa shape index (κ1) is 16.7. The van der Waals surface area contributed by atoms with Crippen LogP contribution in [0.25, 0.3) is 0 Å². The largest absolute Gasteiger partial charge is 0.355 e. The molecule has 1 aliphatic carbocycles. The number of carbonyl (C=O) groups excluding carboxylic acids is 1. The van der Waals surface area contributed by atoms with Gasteiger partial charge in [-0.25, -0.2) is 0 Å². The second-order valence-corrected chi connectivity index (χ2v) is 4.75. The summed E-state index contributed by atoms with van der Waals surface area (Å²) in [6, 6.07) is 0. The molecular weight excluding hydrogens is 236 g/mol. The van der Waals surface area contributed by atoms with Crippen molar-refractivity contribution >= 4 is 18.3 Å². The SMILES string of the molecule is CCNCCNC(=O)CCC1CCCCC1.Cl. The molecule has 102 valence electrons. The van der Waals surface area contributed by atoms with Crippen LogP contribution < -0.4 is 10.6 Å². The summed E-state index contributed by atoms with van der Waals surface area (Å²) in [6.07, 6.45) is 8.62. The van der Waals surface area contributed by atoms with Crippen molar-refractivity contribution in [3.05, 3.63) is 0 Å². The van der Waals surface area contributed by atoms with Crippen LogP contribution in [0.3, 0.4) is 0 Å². The Balaban J connectivity index is 0.00000256. The lowest BCUT2D eigenvalue weighted by Gasteiger charge is -2.20. The van der Waals surface area contributed by atoms with Gasteiger partial charge in [0.15, 0.2) is 0 Å². The highest BCUT2D eigenvalue weighted by Crippen LogP contribution is 2.26. The molecule has 17 heavy (non-hydrogen) atoms. The van der Waals surface area contributed by atoms with E-state index in [1.54, 1.807) is 0 Å². The van der Waals surface area contributed by atoms with Gasteiger partial charge >= 0.3 is 0 Å². The number of amides is 1. The molecule has 0 atom stereocenters. The zero-order valence-electron chi connectivity index (χ0n) is 11.0. The van der Waals surface area contributed by atoms with E-state index in [4.69, 9.17) is 0 Å². The van der Waals surface area contributed by atoms with Gasteiger partial charge in [-0.2, -0.15) is 0 Å². The minimum Gasteiger partial charge on any atom is -0.355 e. The van der Waals surface area contributed by atoms with E-state index in [9.17, 15) is 4.79 Å². The zero-order chi connectivity index (χ0) is 11.6. The number of carbonyl (C=O) groups is 1. The van der Waals surface area contributed by atoms with Crippen LogP contribution in [0.2, 0.25) is 0 Å². The van der Waals surface area contributed by atoms with Crippen LogP contribution in [-0.2, 0) is 4.79 Å². The van der Waals surface area contributed by atoms with Gasteiger partial charge in [0.05, 0.1) is 0 Å². The molecule has 1 fully saturated rings. The standard InChI is InChI=1S/C13H26N2O.ClH/c1-2-14-10-11-15-13(16)9-8-12-6-4-3-5-7-12;/h12,14H,2-11H2,1H3,(H,15,16);1H. The van der Waals surface area contributed by atoms with Crippen LogP contribution in [0, 0.1) is 5.92 Å². The van der Waals surface area contributed by atoms with Crippen LogP contribution in [0.15, 0.2) is 0 Å². The van der Waals surface area contributed by atoms with Gasteiger partial charge in [-0.3, -0.25) is 4.79 Å². The molecule has 0 unspecified atom stereocenters. The molecule has 1 amide bonds. The number of nitrogens with one attached hydrogen (secondary N) is 2. The van der Waals surface area contributed by atoms with E-state index in [1.165, 1.54) is 32.1 Å². The molecule has 0 heterocycles. The molecule has 0 radical (unpaired) electrons. The average Bonchev–Trinajstić information content (AvgIpc) is 2.33. The highest BCUT2D eigenvalue weighted by Gasteiger charge is 2.14. The van der Waals surface area contributed by atoms with Gasteiger partial charge in [-0.05, 0) is 18.9 Å². The molecule has 0 saturated heterocycles. The Morgan fingerprint density at radius 2 is 1.88 bits per heavy atom. The highest BCUT2D eigenvalue weighted by atomic mass is 35.5. The third kappa shape index (κ3) is 8.44. The minimum absolute atomic E-state index is 0. The Labute approximate surface area is 112 Å². The fourth-order valence-electron chi connectivity index (χ4n) is 2.37. The summed E-state index contributed by atoms with van der Waals surface area (Å²) in [6.45, 7) is 4.69. The molecule has 1 saturated carbocycles. The lowest BCUT2D eigenvalue weighted by molar-refractivity contribution is -0.121. The molecule has 0 aromatic heterocycles. The van der Waals surface area contributed by atoms with Gasteiger partial charge in [0, 0.05) is 19.5 Å². The second kappa shape index (κ2) is 10.8. The molecule has 3 nitrogen and oxygen atoms in total. The van der Waals surface area contributed by atoms with E-state index in [0.717, 1.165) is 38.4 Å². The van der Waals surface area contributed by atoms with Crippen molar-refractivity contribution in [1.29, 1.82) is 0 Å². The molecule has 1 aliphatic rings. The smallest absolute Gasteiger partial charge is 0.220 e. The molecule has 0 aromatic carbocycles. The number of likely N-dealkylation sites (N-methyl/N-ethyl adjacent to an activating group) is 1. The van der Waals surface area contributed by atoms with Crippen LogP contribution in [0.4, 0.5) is 0 Å². The van der Waals surface area contributed by atoms with Gasteiger partial charge in [0.1, 0.15) is 0 Å². The lowest BCUT2D eigenvalue weighted by Crippen LogP contribution is -2.31. The summed E-state index contributed by atoms with van der Waals surface area (Å²) in [5.41, 5.74) is 0. The summed E-state index contributed by atoms with van der Waals surface area (Å²) in [5.74, 6) is 1.04. The second-order valence-electron chi connectivity index (χ2n) is 4.75. The Morgan fingerprint density at radius 1 is 1.18 bits per heavy atom.